The standard InChI is InChI=1S/C16H18ClN3O2/c1-4-15(2,3)16(21,9-20-12-18-11-19-20)10-22-14-7-5-13(17)6-8-14/h1,5-8,11-12,21H,9-10H2,2-3H3. The quantitative estimate of drug-likeness (QED) is 0.831. The molecule has 0 fully saturated rings. The van der Waals surface area contributed by atoms with E-state index in [1.807, 2.05) is 0 Å². The van der Waals surface area contributed by atoms with Gasteiger partial charge in [-0.25, -0.2) is 9.67 Å². The van der Waals surface area contributed by atoms with Crippen molar-refractivity contribution in [2.75, 3.05) is 6.61 Å². The van der Waals surface area contributed by atoms with Crippen LogP contribution in [0.3, 0.4) is 0 Å². The Kier molecular flexibility index (Phi) is 4.74. The van der Waals surface area contributed by atoms with Gasteiger partial charge in [0.1, 0.15) is 30.6 Å². The minimum absolute atomic E-state index is 0.0195. The summed E-state index contributed by atoms with van der Waals surface area (Å²) in [6, 6.07) is 6.92. The fourth-order valence-electron chi connectivity index (χ4n) is 1.87. The molecule has 6 heteroatoms. The molecule has 0 spiro atoms. The molecule has 0 radical (unpaired) electrons. The Bertz CT molecular complexity index is 647. The van der Waals surface area contributed by atoms with Gasteiger partial charge in [-0.05, 0) is 38.1 Å². The minimum Gasteiger partial charge on any atom is -0.490 e. The van der Waals surface area contributed by atoms with E-state index >= 15 is 0 Å². The monoisotopic (exact) mass is 319 g/mol. The maximum absolute atomic E-state index is 11.0. The molecule has 5 nitrogen and oxygen atoms in total. The number of aliphatic hydroxyl groups is 1. The highest BCUT2D eigenvalue weighted by Crippen LogP contribution is 2.32. The highest BCUT2D eigenvalue weighted by atomic mass is 35.5. The first-order chi connectivity index (χ1) is 10.4. The van der Waals surface area contributed by atoms with Gasteiger partial charge in [-0.15, -0.1) is 6.42 Å². The van der Waals surface area contributed by atoms with Crippen LogP contribution < -0.4 is 4.74 Å². The molecule has 1 unspecified atom stereocenters. The molecule has 1 heterocycles. The lowest BCUT2D eigenvalue weighted by molar-refractivity contribution is -0.0849. The smallest absolute Gasteiger partial charge is 0.137 e. The predicted octanol–water partition coefficient (Wildman–Crippen LogP) is 2.40. The lowest BCUT2D eigenvalue weighted by Gasteiger charge is -2.38. The van der Waals surface area contributed by atoms with Crippen LogP contribution in [0.15, 0.2) is 36.9 Å². The Morgan fingerprint density at radius 2 is 2.05 bits per heavy atom. The Morgan fingerprint density at radius 3 is 2.59 bits per heavy atom. The Labute approximate surface area is 134 Å². The zero-order valence-electron chi connectivity index (χ0n) is 12.5. The summed E-state index contributed by atoms with van der Waals surface area (Å²) in [5.41, 5.74) is -2.12. The molecule has 22 heavy (non-hydrogen) atoms. The van der Waals surface area contributed by atoms with Crippen molar-refractivity contribution in [2.45, 2.75) is 26.0 Å². The third kappa shape index (κ3) is 3.59. The zero-order valence-corrected chi connectivity index (χ0v) is 13.3. The van der Waals surface area contributed by atoms with Gasteiger partial charge in [-0.1, -0.05) is 17.5 Å². The van der Waals surface area contributed by atoms with Crippen LogP contribution in [-0.2, 0) is 6.54 Å². The van der Waals surface area contributed by atoms with Gasteiger partial charge in [0, 0.05) is 5.02 Å². The molecule has 0 aliphatic rings. The van der Waals surface area contributed by atoms with Crippen LogP contribution in [0.1, 0.15) is 13.8 Å². The van der Waals surface area contributed by atoms with Crippen molar-refractivity contribution in [3.8, 4) is 18.1 Å². The second kappa shape index (κ2) is 6.39. The average Bonchev–Trinajstić information content (AvgIpc) is 2.99. The number of rotatable bonds is 6. The van der Waals surface area contributed by atoms with Gasteiger partial charge in [0.15, 0.2) is 0 Å². The lowest BCUT2D eigenvalue weighted by atomic mass is 9.75. The number of aromatic nitrogens is 3. The molecule has 1 atom stereocenters. The lowest BCUT2D eigenvalue weighted by Crippen LogP contribution is -2.52. The van der Waals surface area contributed by atoms with E-state index in [-0.39, 0.29) is 13.2 Å². The molecule has 2 rings (SSSR count). The highest BCUT2D eigenvalue weighted by molar-refractivity contribution is 6.30. The second-order valence-corrected chi connectivity index (χ2v) is 6.07. The molecule has 2 aromatic rings. The van der Waals surface area contributed by atoms with Crippen molar-refractivity contribution < 1.29 is 9.84 Å². The van der Waals surface area contributed by atoms with Crippen LogP contribution in [0.4, 0.5) is 0 Å². The molecule has 0 saturated heterocycles. The van der Waals surface area contributed by atoms with Crippen LogP contribution in [0.25, 0.3) is 0 Å². The number of terminal acetylenes is 1. The first-order valence-corrected chi connectivity index (χ1v) is 7.15. The predicted molar refractivity (Wildman–Crippen MR) is 84.5 cm³/mol. The van der Waals surface area contributed by atoms with Crippen molar-refractivity contribution in [1.29, 1.82) is 0 Å². The molecular formula is C16H18ClN3O2. The van der Waals surface area contributed by atoms with Gasteiger partial charge >= 0.3 is 0 Å². The van der Waals surface area contributed by atoms with E-state index in [0.717, 1.165) is 0 Å². The molecule has 1 aromatic heterocycles. The van der Waals surface area contributed by atoms with Gasteiger partial charge in [0.2, 0.25) is 0 Å². The van der Waals surface area contributed by atoms with Gasteiger partial charge in [0.25, 0.3) is 0 Å². The van der Waals surface area contributed by atoms with Crippen LogP contribution in [0.5, 0.6) is 5.75 Å². The second-order valence-electron chi connectivity index (χ2n) is 5.64. The van der Waals surface area contributed by atoms with E-state index in [2.05, 4.69) is 16.0 Å². The summed E-state index contributed by atoms with van der Waals surface area (Å²) in [6.45, 7) is 3.77. The topological polar surface area (TPSA) is 60.2 Å². The number of halogens is 1. The Balaban J connectivity index is 2.17. The molecular weight excluding hydrogens is 302 g/mol. The van der Waals surface area contributed by atoms with Crippen molar-refractivity contribution in [2.24, 2.45) is 5.41 Å². The van der Waals surface area contributed by atoms with Crippen LogP contribution in [-0.4, -0.2) is 32.1 Å². The van der Waals surface area contributed by atoms with Gasteiger partial charge in [0.05, 0.1) is 12.0 Å². The molecule has 0 aliphatic heterocycles. The zero-order chi connectivity index (χ0) is 16.2. The molecule has 0 aliphatic carbocycles. The summed E-state index contributed by atoms with van der Waals surface area (Å²) in [7, 11) is 0. The van der Waals surface area contributed by atoms with Gasteiger partial charge < -0.3 is 9.84 Å². The maximum Gasteiger partial charge on any atom is 0.137 e. The van der Waals surface area contributed by atoms with Crippen molar-refractivity contribution >= 4 is 11.6 Å². The van der Waals surface area contributed by atoms with Crippen LogP contribution in [0, 0.1) is 17.8 Å². The van der Waals surface area contributed by atoms with Gasteiger partial charge in [-0.3, -0.25) is 0 Å². The number of hydrogen-bond acceptors (Lipinski definition) is 4. The molecule has 0 bridgehead atoms. The molecule has 116 valence electrons. The van der Waals surface area contributed by atoms with E-state index in [9.17, 15) is 5.11 Å². The third-order valence-electron chi connectivity index (χ3n) is 3.71. The number of hydrogen-bond donors (Lipinski definition) is 1. The normalized spacial score (nSPS) is 14.1. The molecule has 1 N–H and O–H groups in total. The third-order valence-corrected chi connectivity index (χ3v) is 3.96. The average molecular weight is 320 g/mol. The Morgan fingerprint density at radius 1 is 1.36 bits per heavy atom. The SMILES string of the molecule is C#CC(C)(C)C(O)(COc1ccc(Cl)cc1)Cn1cncn1. The summed E-state index contributed by atoms with van der Waals surface area (Å²) in [4.78, 5) is 3.88. The summed E-state index contributed by atoms with van der Waals surface area (Å²) < 4.78 is 7.23. The van der Waals surface area contributed by atoms with Crippen molar-refractivity contribution in [3.63, 3.8) is 0 Å². The van der Waals surface area contributed by atoms with E-state index in [1.54, 1.807) is 38.1 Å². The van der Waals surface area contributed by atoms with E-state index in [0.29, 0.717) is 10.8 Å². The number of nitrogens with zero attached hydrogens (tertiary/aromatic N) is 3. The number of ether oxygens (including phenoxy) is 1. The maximum atomic E-state index is 11.0. The van der Waals surface area contributed by atoms with E-state index in [4.69, 9.17) is 22.8 Å². The van der Waals surface area contributed by atoms with Gasteiger partial charge in [-0.2, -0.15) is 5.10 Å². The van der Waals surface area contributed by atoms with Crippen molar-refractivity contribution in [1.82, 2.24) is 14.8 Å². The first kappa shape index (κ1) is 16.3. The highest BCUT2D eigenvalue weighted by Gasteiger charge is 2.44. The van der Waals surface area contributed by atoms with Crippen molar-refractivity contribution in [3.05, 3.63) is 41.9 Å². The Hall–Kier alpha value is -2.03. The summed E-state index contributed by atoms with van der Waals surface area (Å²) >= 11 is 5.84. The largest absolute Gasteiger partial charge is 0.490 e. The van der Waals surface area contributed by atoms with E-state index < -0.39 is 11.0 Å². The first-order valence-electron chi connectivity index (χ1n) is 6.77. The van der Waals surface area contributed by atoms with E-state index in [1.165, 1.54) is 17.3 Å². The fraction of sp³-hybridized carbons (Fsp3) is 0.375. The summed E-state index contributed by atoms with van der Waals surface area (Å²) in [5, 5.41) is 15.7. The molecule has 0 amide bonds. The van der Waals surface area contributed by atoms with Crippen LogP contribution in [0.2, 0.25) is 5.02 Å². The molecule has 0 saturated carbocycles. The minimum atomic E-state index is -1.31. The summed E-state index contributed by atoms with van der Waals surface area (Å²) in [5.74, 6) is 3.23. The van der Waals surface area contributed by atoms with Crippen LogP contribution >= 0.6 is 11.6 Å². The summed E-state index contributed by atoms with van der Waals surface area (Å²) in [6.07, 6.45) is 8.52. The molecule has 1 aromatic carbocycles. The fourth-order valence-corrected chi connectivity index (χ4v) is 2.00. The number of benzene rings is 1.